The van der Waals surface area contributed by atoms with Gasteiger partial charge in [0.15, 0.2) is 6.61 Å². The molecule has 0 aromatic heterocycles. The van der Waals surface area contributed by atoms with E-state index in [1.807, 2.05) is 31.2 Å². The molecule has 1 amide bonds. The van der Waals surface area contributed by atoms with Crippen LogP contribution < -0.4 is 9.64 Å². The molecule has 118 valence electrons. The van der Waals surface area contributed by atoms with Gasteiger partial charge in [0.1, 0.15) is 5.75 Å². The summed E-state index contributed by atoms with van der Waals surface area (Å²) in [5.41, 5.74) is 1.99. The van der Waals surface area contributed by atoms with Crippen molar-refractivity contribution in [3.8, 4) is 5.75 Å². The van der Waals surface area contributed by atoms with Gasteiger partial charge in [-0.05, 0) is 31.0 Å². The van der Waals surface area contributed by atoms with Gasteiger partial charge in [-0.25, -0.2) is 0 Å². The zero-order valence-corrected chi connectivity index (χ0v) is 12.6. The van der Waals surface area contributed by atoms with E-state index in [1.54, 1.807) is 11.0 Å². The summed E-state index contributed by atoms with van der Waals surface area (Å²) in [6.07, 6.45) is 0.818. The van der Waals surface area contributed by atoms with Crippen molar-refractivity contribution in [2.24, 2.45) is 0 Å². The Hall–Kier alpha value is -2.89. The van der Waals surface area contributed by atoms with Gasteiger partial charge < -0.3 is 9.64 Å². The van der Waals surface area contributed by atoms with Crippen LogP contribution in [0.5, 0.6) is 5.75 Å². The predicted octanol–water partition coefficient (Wildman–Crippen LogP) is 2.95. The molecule has 0 spiro atoms. The van der Waals surface area contributed by atoms with Crippen LogP contribution in [0.4, 0.5) is 11.4 Å². The van der Waals surface area contributed by atoms with Crippen LogP contribution in [0.15, 0.2) is 48.5 Å². The van der Waals surface area contributed by atoms with E-state index >= 15 is 0 Å². The average molecular weight is 312 g/mol. The summed E-state index contributed by atoms with van der Waals surface area (Å²) in [4.78, 5) is 24.5. The molecule has 0 saturated heterocycles. The van der Waals surface area contributed by atoms with Crippen LogP contribution in [-0.2, 0) is 11.2 Å². The number of amides is 1. The molecule has 23 heavy (non-hydrogen) atoms. The molecule has 0 radical (unpaired) electrons. The first kappa shape index (κ1) is 15.0. The highest BCUT2D eigenvalue weighted by atomic mass is 16.6. The van der Waals surface area contributed by atoms with Crippen molar-refractivity contribution in [3.63, 3.8) is 0 Å². The number of hydrogen-bond acceptors (Lipinski definition) is 4. The van der Waals surface area contributed by atoms with E-state index < -0.39 is 4.92 Å². The normalized spacial score (nSPS) is 16.0. The second-order valence-electron chi connectivity index (χ2n) is 5.49. The number of nitro groups is 1. The summed E-state index contributed by atoms with van der Waals surface area (Å²) < 4.78 is 5.44. The SMILES string of the molecule is C[C@H]1Cc2ccccc2N1C(=O)COc1cccc([N+](=O)[O-])c1. The minimum absolute atomic E-state index is 0.0603. The fourth-order valence-electron chi connectivity index (χ4n) is 2.85. The molecule has 1 heterocycles. The highest BCUT2D eigenvalue weighted by Gasteiger charge is 2.30. The molecular formula is C17H16N2O4. The Labute approximate surface area is 133 Å². The second-order valence-corrected chi connectivity index (χ2v) is 5.49. The summed E-state index contributed by atoms with van der Waals surface area (Å²) in [5, 5.41) is 10.8. The molecule has 6 nitrogen and oxygen atoms in total. The van der Waals surface area contributed by atoms with Crippen molar-refractivity contribution in [2.75, 3.05) is 11.5 Å². The molecule has 2 aromatic carbocycles. The number of carbonyl (C=O) groups is 1. The maximum Gasteiger partial charge on any atom is 0.273 e. The number of non-ortho nitro benzene ring substituents is 1. The van der Waals surface area contributed by atoms with E-state index in [-0.39, 0.29) is 24.2 Å². The minimum Gasteiger partial charge on any atom is -0.483 e. The first-order valence-electron chi connectivity index (χ1n) is 7.33. The van der Waals surface area contributed by atoms with Crippen LogP contribution in [0.25, 0.3) is 0 Å². The molecule has 1 aliphatic rings. The van der Waals surface area contributed by atoms with Crippen LogP contribution in [0.2, 0.25) is 0 Å². The number of carbonyl (C=O) groups excluding carboxylic acids is 1. The van der Waals surface area contributed by atoms with Crippen LogP contribution in [0, 0.1) is 10.1 Å². The highest BCUT2D eigenvalue weighted by molar-refractivity contribution is 5.97. The largest absolute Gasteiger partial charge is 0.483 e. The van der Waals surface area contributed by atoms with Gasteiger partial charge >= 0.3 is 0 Å². The number of benzene rings is 2. The Morgan fingerprint density at radius 2 is 2.09 bits per heavy atom. The van der Waals surface area contributed by atoms with Crippen LogP contribution >= 0.6 is 0 Å². The van der Waals surface area contributed by atoms with E-state index in [2.05, 4.69) is 0 Å². The molecule has 0 N–H and O–H groups in total. The Bertz CT molecular complexity index is 760. The number of hydrogen-bond donors (Lipinski definition) is 0. The molecule has 2 aromatic rings. The number of ether oxygens (including phenoxy) is 1. The lowest BCUT2D eigenvalue weighted by molar-refractivity contribution is -0.384. The molecular weight excluding hydrogens is 296 g/mol. The summed E-state index contributed by atoms with van der Waals surface area (Å²) in [6.45, 7) is 1.84. The molecule has 0 aliphatic carbocycles. The zero-order chi connectivity index (χ0) is 16.4. The van der Waals surface area contributed by atoms with Gasteiger partial charge in [0, 0.05) is 17.8 Å². The van der Waals surface area contributed by atoms with Crippen molar-refractivity contribution in [1.82, 2.24) is 0 Å². The fraction of sp³-hybridized carbons (Fsp3) is 0.235. The summed E-state index contributed by atoms with van der Waals surface area (Å²) >= 11 is 0. The Balaban J connectivity index is 1.71. The van der Waals surface area contributed by atoms with Gasteiger partial charge in [-0.1, -0.05) is 24.3 Å². The third-order valence-corrected chi connectivity index (χ3v) is 3.87. The Kier molecular flexibility index (Phi) is 3.97. The van der Waals surface area contributed by atoms with Gasteiger partial charge in [0.2, 0.25) is 0 Å². The van der Waals surface area contributed by atoms with E-state index in [4.69, 9.17) is 4.74 Å². The van der Waals surface area contributed by atoms with Crippen molar-refractivity contribution >= 4 is 17.3 Å². The Morgan fingerprint density at radius 1 is 1.30 bits per heavy atom. The highest BCUT2D eigenvalue weighted by Crippen LogP contribution is 2.31. The third-order valence-electron chi connectivity index (χ3n) is 3.87. The molecule has 0 saturated carbocycles. The number of fused-ring (bicyclic) bond motifs is 1. The van der Waals surface area contributed by atoms with Gasteiger partial charge in [-0.15, -0.1) is 0 Å². The van der Waals surface area contributed by atoms with E-state index in [1.165, 1.54) is 18.2 Å². The van der Waals surface area contributed by atoms with Crippen LogP contribution in [0.1, 0.15) is 12.5 Å². The van der Waals surface area contributed by atoms with Crippen molar-refractivity contribution in [2.45, 2.75) is 19.4 Å². The number of nitro benzene ring substituents is 1. The lowest BCUT2D eigenvalue weighted by atomic mass is 10.1. The van der Waals surface area contributed by atoms with Crippen LogP contribution in [-0.4, -0.2) is 23.5 Å². The fourth-order valence-corrected chi connectivity index (χ4v) is 2.85. The van der Waals surface area contributed by atoms with E-state index in [0.717, 1.165) is 17.7 Å². The number of rotatable bonds is 4. The van der Waals surface area contributed by atoms with Crippen LogP contribution in [0.3, 0.4) is 0 Å². The standard InChI is InChI=1S/C17H16N2O4/c1-12-9-13-5-2-3-8-16(13)18(12)17(20)11-23-15-7-4-6-14(10-15)19(21)22/h2-8,10,12H,9,11H2,1H3/t12-/m0/s1. The first-order chi connectivity index (χ1) is 11.1. The second kappa shape index (κ2) is 6.08. The van der Waals surface area contributed by atoms with E-state index in [9.17, 15) is 14.9 Å². The molecule has 0 bridgehead atoms. The number of anilines is 1. The lowest BCUT2D eigenvalue weighted by Crippen LogP contribution is -2.39. The molecule has 0 unspecified atom stereocenters. The molecule has 3 rings (SSSR count). The molecule has 0 fully saturated rings. The topological polar surface area (TPSA) is 72.7 Å². The molecule has 1 aliphatic heterocycles. The minimum atomic E-state index is -0.493. The van der Waals surface area contributed by atoms with Crippen molar-refractivity contribution < 1.29 is 14.5 Å². The number of nitrogens with zero attached hydrogens (tertiary/aromatic N) is 2. The van der Waals surface area contributed by atoms with E-state index in [0.29, 0.717) is 5.75 Å². The zero-order valence-electron chi connectivity index (χ0n) is 12.6. The summed E-state index contributed by atoms with van der Waals surface area (Å²) in [5.74, 6) is 0.154. The quantitative estimate of drug-likeness (QED) is 0.642. The van der Waals surface area contributed by atoms with Crippen molar-refractivity contribution in [3.05, 3.63) is 64.2 Å². The van der Waals surface area contributed by atoms with Gasteiger partial charge in [0.05, 0.1) is 11.0 Å². The Morgan fingerprint density at radius 3 is 2.87 bits per heavy atom. The average Bonchev–Trinajstić information content (AvgIpc) is 2.88. The van der Waals surface area contributed by atoms with Gasteiger partial charge in [0.25, 0.3) is 11.6 Å². The molecule has 6 heteroatoms. The first-order valence-corrected chi connectivity index (χ1v) is 7.33. The maximum atomic E-state index is 12.5. The van der Waals surface area contributed by atoms with Gasteiger partial charge in [-0.3, -0.25) is 14.9 Å². The molecule has 1 atom stereocenters. The number of para-hydroxylation sites is 1. The summed E-state index contributed by atoms with van der Waals surface area (Å²) in [6, 6.07) is 13.7. The smallest absolute Gasteiger partial charge is 0.273 e. The third kappa shape index (κ3) is 3.01. The monoisotopic (exact) mass is 312 g/mol. The summed E-state index contributed by atoms with van der Waals surface area (Å²) in [7, 11) is 0. The maximum absolute atomic E-state index is 12.5. The lowest BCUT2D eigenvalue weighted by Gasteiger charge is -2.22. The van der Waals surface area contributed by atoms with Gasteiger partial charge in [-0.2, -0.15) is 0 Å². The van der Waals surface area contributed by atoms with Crippen molar-refractivity contribution in [1.29, 1.82) is 0 Å². The predicted molar refractivity (Wildman–Crippen MR) is 85.7 cm³/mol.